The molecule has 0 spiro atoms. The lowest BCUT2D eigenvalue weighted by Gasteiger charge is -2.41. The maximum absolute atomic E-state index is 12.2. The number of fused-ring (bicyclic) bond motifs is 1. The first-order valence-corrected chi connectivity index (χ1v) is 8.18. The average Bonchev–Trinajstić information content (AvgIpc) is 2.55. The molecule has 0 bridgehead atoms. The molecule has 3 nitrogen and oxygen atoms in total. The second-order valence-electron chi connectivity index (χ2n) is 6.40. The van der Waals surface area contributed by atoms with Crippen LogP contribution < -0.4 is 0 Å². The first-order valence-electron chi connectivity index (χ1n) is 8.18. The number of rotatable bonds is 4. The molecule has 114 valence electrons. The predicted molar refractivity (Wildman–Crippen MR) is 81.0 cm³/mol. The van der Waals surface area contributed by atoms with Crippen LogP contribution in [0.3, 0.4) is 0 Å². The lowest BCUT2D eigenvalue weighted by atomic mass is 9.69. The maximum Gasteiger partial charge on any atom is 0.220 e. The van der Waals surface area contributed by atoms with Crippen LogP contribution in [0.5, 0.6) is 0 Å². The van der Waals surface area contributed by atoms with Crippen LogP contribution in [0, 0.1) is 11.8 Å². The van der Waals surface area contributed by atoms with Crippen molar-refractivity contribution in [2.75, 3.05) is 0 Å². The van der Waals surface area contributed by atoms with Crippen molar-refractivity contribution in [1.29, 1.82) is 0 Å². The van der Waals surface area contributed by atoms with Crippen molar-refractivity contribution in [1.82, 2.24) is 0 Å². The highest BCUT2D eigenvalue weighted by Crippen LogP contribution is 2.42. The molecule has 0 aliphatic heterocycles. The van der Waals surface area contributed by atoms with Gasteiger partial charge in [-0.05, 0) is 31.1 Å². The Morgan fingerprint density at radius 1 is 1.05 bits per heavy atom. The Labute approximate surface area is 126 Å². The minimum absolute atomic E-state index is 0.0479. The second-order valence-corrected chi connectivity index (χ2v) is 6.40. The van der Waals surface area contributed by atoms with Gasteiger partial charge in [0.2, 0.25) is 12.1 Å². The Hall–Kier alpha value is -1.19. The molecule has 4 atom stereocenters. The van der Waals surface area contributed by atoms with E-state index in [9.17, 15) is 9.90 Å². The summed E-state index contributed by atoms with van der Waals surface area (Å²) in [4.78, 5) is 12.2. The Balaban J connectivity index is 1.63. The van der Waals surface area contributed by atoms with E-state index in [1.54, 1.807) is 24.3 Å². The normalized spacial score (nSPS) is 30.4. The second kappa shape index (κ2) is 6.71. The summed E-state index contributed by atoms with van der Waals surface area (Å²) in [6, 6.07) is 8.91. The fourth-order valence-corrected chi connectivity index (χ4v) is 4.02. The van der Waals surface area contributed by atoms with Crippen LogP contribution in [0.15, 0.2) is 30.3 Å². The molecule has 1 unspecified atom stereocenters. The van der Waals surface area contributed by atoms with Gasteiger partial charge in [-0.15, -0.1) is 0 Å². The van der Waals surface area contributed by atoms with Gasteiger partial charge in [-0.2, -0.15) is 0 Å². The summed E-state index contributed by atoms with van der Waals surface area (Å²) in [5.41, 5.74) is 0.515. The van der Waals surface area contributed by atoms with Gasteiger partial charge in [0.1, 0.15) is 0 Å². The van der Waals surface area contributed by atoms with Crippen LogP contribution in [-0.4, -0.2) is 23.3 Å². The molecular formula is C18H24O3. The minimum atomic E-state index is -1.32. The molecule has 0 heterocycles. The molecule has 1 N–H and O–H groups in total. The molecule has 0 aromatic heterocycles. The highest BCUT2D eigenvalue weighted by atomic mass is 16.6. The number of hydrogen-bond acceptors (Lipinski definition) is 3. The number of aliphatic hydroxyl groups excluding tert-OH is 1. The summed E-state index contributed by atoms with van der Waals surface area (Å²) >= 11 is 0. The van der Waals surface area contributed by atoms with E-state index in [4.69, 9.17) is 4.74 Å². The van der Waals surface area contributed by atoms with Crippen LogP contribution >= 0.6 is 0 Å². The van der Waals surface area contributed by atoms with Gasteiger partial charge in [0.15, 0.2) is 0 Å². The van der Waals surface area contributed by atoms with Crippen LogP contribution in [-0.2, 0) is 4.74 Å². The molecule has 21 heavy (non-hydrogen) atoms. The monoisotopic (exact) mass is 288 g/mol. The van der Waals surface area contributed by atoms with E-state index >= 15 is 0 Å². The van der Waals surface area contributed by atoms with Crippen molar-refractivity contribution < 1.29 is 14.6 Å². The smallest absolute Gasteiger partial charge is 0.220 e. The first-order chi connectivity index (χ1) is 10.3. The van der Waals surface area contributed by atoms with Crippen LogP contribution in [0.2, 0.25) is 0 Å². The SMILES string of the molecule is O=C(c1ccccc1)[C@@H](O)OC1CCC[C@@H]2CCCC[C@H]12. The average molecular weight is 288 g/mol. The largest absolute Gasteiger partial charge is 0.362 e. The molecular weight excluding hydrogens is 264 g/mol. The van der Waals surface area contributed by atoms with Gasteiger partial charge in [-0.3, -0.25) is 4.79 Å². The van der Waals surface area contributed by atoms with Gasteiger partial charge in [-0.25, -0.2) is 0 Å². The summed E-state index contributed by atoms with van der Waals surface area (Å²) < 4.78 is 5.78. The number of hydrogen-bond donors (Lipinski definition) is 1. The van der Waals surface area contributed by atoms with Gasteiger partial charge >= 0.3 is 0 Å². The molecule has 1 aromatic rings. The molecule has 1 aromatic carbocycles. The summed E-state index contributed by atoms with van der Waals surface area (Å²) in [5, 5.41) is 10.1. The Morgan fingerprint density at radius 2 is 1.76 bits per heavy atom. The number of carbonyl (C=O) groups excluding carboxylic acids is 1. The fraction of sp³-hybridized carbons (Fsp3) is 0.611. The first kappa shape index (κ1) is 14.7. The Morgan fingerprint density at radius 3 is 2.57 bits per heavy atom. The number of aliphatic hydroxyl groups is 1. The van der Waals surface area contributed by atoms with E-state index in [2.05, 4.69) is 0 Å². The van der Waals surface area contributed by atoms with Crippen molar-refractivity contribution in [3.05, 3.63) is 35.9 Å². The maximum atomic E-state index is 12.2. The quantitative estimate of drug-likeness (QED) is 0.680. The Kier molecular flexibility index (Phi) is 4.71. The van der Waals surface area contributed by atoms with Crippen molar-refractivity contribution in [3.63, 3.8) is 0 Å². The zero-order valence-corrected chi connectivity index (χ0v) is 12.4. The Bertz CT molecular complexity index is 469. The summed E-state index contributed by atoms with van der Waals surface area (Å²) in [5.74, 6) is 0.941. The molecule has 2 fully saturated rings. The molecule has 2 aliphatic rings. The number of benzene rings is 1. The highest BCUT2D eigenvalue weighted by Gasteiger charge is 2.37. The molecule has 2 aliphatic carbocycles. The van der Waals surface area contributed by atoms with Crippen LogP contribution in [0.4, 0.5) is 0 Å². The van der Waals surface area contributed by atoms with E-state index < -0.39 is 6.29 Å². The highest BCUT2D eigenvalue weighted by molar-refractivity contribution is 5.98. The molecule has 2 saturated carbocycles. The van der Waals surface area contributed by atoms with Crippen molar-refractivity contribution in [2.45, 2.75) is 57.3 Å². The van der Waals surface area contributed by atoms with Crippen LogP contribution in [0.1, 0.15) is 55.3 Å². The molecule has 3 rings (SSSR count). The van der Waals surface area contributed by atoms with Crippen LogP contribution in [0.25, 0.3) is 0 Å². The molecule has 0 radical (unpaired) electrons. The number of carbonyl (C=O) groups is 1. The number of ether oxygens (including phenoxy) is 1. The van der Waals surface area contributed by atoms with E-state index in [0.717, 1.165) is 18.8 Å². The standard InChI is InChI=1S/C18H24O3/c19-17(14-8-2-1-3-9-14)18(20)21-16-12-6-10-13-7-4-5-11-15(13)16/h1-3,8-9,13,15-16,18,20H,4-7,10-12H2/t13-,15-,16?,18-/m0/s1. The van der Waals surface area contributed by atoms with Crippen molar-refractivity contribution in [2.24, 2.45) is 11.8 Å². The lowest BCUT2D eigenvalue weighted by molar-refractivity contribution is -0.147. The van der Waals surface area contributed by atoms with Gasteiger partial charge in [-0.1, -0.05) is 56.0 Å². The lowest BCUT2D eigenvalue weighted by Crippen LogP contribution is -2.40. The third-order valence-electron chi connectivity index (χ3n) is 5.10. The van der Waals surface area contributed by atoms with E-state index in [-0.39, 0.29) is 11.9 Å². The van der Waals surface area contributed by atoms with Gasteiger partial charge < -0.3 is 9.84 Å². The van der Waals surface area contributed by atoms with Gasteiger partial charge in [0.25, 0.3) is 0 Å². The zero-order valence-electron chi connectivity index (χ0n) is 12.4. The van der Waals surface area contributed by atoms with Crippen molar-refractivity contribution in [3.8, 4) is 0 Å². The third-order valence-corrected chi connectivity index (χ3v) is 5.10. The summed E-state index contributed by atoms with van der Waals surface area (Å²) in [6.45, 7) is 0. The topological polar surface area (TPSA) is 46.5 Å². The van der Waals surface area contributed by atoms with Gasteiger partial charge in [0.05, 0.1) is 6.10 Å². The fourth-order valence-electron chi connectivity index (χ4n) is 4.02. The summed E-state index contributed by atoms with van der Waals surface area (Å²) in [6.07, 6.45) is 7.17. The molecule has 3 heteroatoms. The predicted octanol–water partition coefficient (Wildman–Crippen LogP) is 3.56. The van der Waals surface area contributed by atoms with Crippen molar-refractivity contribution >= 4 is 5.78 Å². The summed E-state index contributed by atoms with van der Waals surface area (Å²) in [7, 11) is 0. The third kappa shape index (κ3) is 3.35. The molecule has 0 amide bonds. The molecule has 0 saturated heterocycles. The number of ketones is 1. The number of Topliss-reactive ketones (excluding diaryl/α,β-unsaturated/α-hetero) is 1. The van der Waals surface area contributed by atoms with Gasteiger partial charge in [0, 0.05) is 5.56 Å². The van der Waals surface area contributed by atoms with E-state index in [0.29, 0.717) is 11.5 Å². The van der Waals surface area contributed by atoms with E-state index in [1.807, 2.05) is 6.07 Å². The zero-order chi connectivity index (χ0) is 14.7. The minimum Gasteiger partial charge on any atom is -0.362 e. The van der Waals surface area contributed by atoms with E-state index in [1.165, 1.54) is 32.1 Å².